The van der Waals surface area contributed by atoms with E-state index in [2.05, 4.69) is 26.5 Å². The summed E-state index contributed by atoms with van der Waals surface area (Å²) in [7, 11) is 1.61. The summed E-state index contributed by atoms with van der Waals surface area (Å²) >= 11 is 3.41. The molecule has 0 heterocycles. The molecule has 5 heteroatoms. The summed E-state index contributed by atoms with van der Waals surface area (Å²) in [4.78, 5) is 12.3. The summed E-state index contributed by atoms with van der Waals surface area (Å²) in [6.45, 7) is 0. The number of nitrogens with zero attached hydrogens (tertiary/aromatic N) is 1. The van der Waals surface area contributed by atoms with Crippen LogP contribution in [0.2, 0.25) is 0 Å². The van der Waals surface area contributed by atoms with Gasteiger partial charge in [0, 0.05) is 11.3 Å². The first kappa shape index (κ1) is 20.0. The number of hydrazone groups is 1. The Hall–Kier alpha value is -1.36. The third kappa shape index (κ3) is 7.18. The fourth-order valence-corrected chi connectivity index (χ4v) is 3.68. The lowest BCUT2D eigenvalue weighted by atomic mass is 10.00. The van der Waals surface area contributed by atoms with Gasteiger partial charge in [0.05, 0.1) is 11.6 Å². The molecule has 1 aromatic rings. The highest BCUT2D eigenvalue weighted by atomic mass is 79.9. The van der Waals surface area contributed by atoms with Crippen molar-refractivity contribution in [2.75, 3.05) is 7.11 Å². The number of hydrogen-bond donors (Lipinski definition) is 1. The predicted octanol–water partition coefficient (Wildman–Crippen LogP) is 5.85. The second-order valence-electron chi connectivity index (χ2n) is 6.65. The normalized spacial score (nSPS) is 17.1. The molecular weight excluding hydrogens is 380 g/mol. The number of ether oxygens (including phenoxy) is 1. The number of carbonyl (C=O) groups is 1. The zero-order chi connectivity index (χ0) is 17.9. The Labute approximate surface area is 159 Å². The van der Waals surface area contributed by atoms with Gasteiger partial charge in [-0.05, 0) is 59.8 Å². The molecule has 0 bridgehead atoms. The van der Waals surface area contributed by atoms with Gasteiger partial charge in [0.15, 0.2) is 0 Å². The van der Waals surface area contributed by atoms with Crippen LogP contribution in [0.25, 0.3) is 0 Å². The molecule has 0 aliphatic heterocycles. The summed E-state index contributed by atoms with van der Waals surface area (Å²) in [5, 5.41) is 4.43. The highest BCUT2D eigenvalue weighted by Crippen LogP contribution is 2.25. The number of carbonyl (C=O) groups excluding carboxylic acids is 1. The largest absolute Gasteiger partial charge is 0.496 e. The van der Waals surface area contributed by atoms with Crippen LogP contribution in [0.5, 0.6) is 5.75 Å². The molecule has 4 nitrogen and oxygen atoms in total. The number of amides is 1. The lowest BCUT2D eigenvalue weighted by Crippen LogP contribution is -2.20. The van der Waals surface area contributed by atoms with Crippen molar-refractivity contribution >= 4 is 27.5 Å². The van der Waals surface area contributed by atoms with Crippen LogP contribution in [0.3, 0.4) is 0 Å². The van der Waals surface area contributed by atoms with E-state index in [0.717, 1.165) is 23.0 Å². The first-order valence-electron chi connectivity index (χ1n) is 9.40. The average Bonchev–Trinajstić information content (AvgIpc) is 2.61. The van der Waals surface area contributed by atoms with E-state index < -0.39 is 0 Å². The van der Waals surface area contributed by atoms with Crippen molar-refractivity contribution in [3.63, 3.8) is 0 Å². The van der Waals surface area contributed by atoms with E-state index in [1.54, 1.807) is 25.3 Å². The van der Waals surface area contributed by atoms with Crippen LogP contribution in [0.15, 0.2) is 27.8 Å². The van der Waals surface area contributed by atoms with E-state index >= 15 is 0 Å². The Kier molecular flexibility index (Phi) is 9.02. The lowest BCUT2D eigenvalue weighted by molar-refractivity contribution is 0.0954. The molecule has 0 radical (unpaired) electrons. The van der Waals surface area contributed by atoms with E-state index in [1.165, 1.54) is 57.8 Å². The van der Waals surface area contributed by atoms with Crippen LogP contribution in [0, 0.1) is 0 Å². The van der Waals surface area contributed by atoms with Crippen molar-refractivity contribution < 1.29 is 9.53 Å². The highest BCUT2D eigenvalue weighted by molar-refractivity contribution is 9.10. The van der Waals surface area contributed by atoms with E-state index in [1.807, 2.05) is 0 Å². The van der Waals surface area contributed by atoms with Gasteiger partial charge in [-0.3, -0.25) is 4.79 Å². The Morgan fingerprint density at radius 1 is 1.00 bits per heavy atom. The van der Waals surface area contributed by atoms with Crippen LogP contribution in [0.1, 0.15) is 81.0 Å². The maximum Gasteiger partial charge on any atom is 0.271 e. The molecule has 2 rings (SSSR count). The fourth-order valence-electron chi connectivity index (χ4n) is 3.13. The molecule has 0 saturated heterocycles. The number of methoxy groups -OCH3 is 1. The molecule has 0 atom stereocenters. The number of hydrogen-bond acceptors (Lipinski definition) is 3. The molecule has 1 amide bonds. The third-order valence-corrected chi connectivity index (χ3v) is 5.28. The fraction of sp³-hybridized carbons (Fsp3) is 0.600. The van der Waals surface area contributed by atoms with Crippen molar-refractivity contribution in [3.05, 3.63) is 28.2 Å². The molecule has 25 heavy (non-hydrogen) atoms. The van der Waals surface area contributed by atoms with Crippen molar-refractivity contribution in [2.24, 2.45) is 5.10 Å². The third-order valence-electron chi connectivity index (χ3n) is 4.66. The van der Waals surface area contributed by atoms with Gasteiger partial charge < -0.3 is 4.74 Å². The van der Waals surface area contributed by atoms with Crippen molar-refractivity contribution in [3.8, 4) is 5.75 Å². The number of benzene rings is 1. The molecule has 1 aromatic carbocycles. The number of halogens is 1. The zero-order valence-corrected chi connectivity index (χ0v) is 16.7. The van der Waals surface area contributed by atoms with E-state index in [-0.39, 0.29) is 5.91 Å². The van der Waals surface area contributed by atoms with Crippen LogP contribution >= 0.6 is 15.9 Å². The lowest BCUT2D eigenvalue weighted by Gasteiger charge is -2.10. The quantitative estimate of drug-likeness (QED) is 0.637. The average molecular weight is 409 g/mol. The molecular formula is C20H29BrN2O2. The molecule has 0 unspecified atom stereocenters. The topological polar surface area (TPSA) is 50.7 Å². The van der Waals surface area contributed by atoms with Gasteiger partial charge in [-0.25, -0.2) is 5.43 Å². The van der Waals surface area contributed by atoms with E-state index in [9.17, 15) is 4.79 Å². The summed E-state index contributed by atoms with van der Waals surface area (Å²) < 4.78 is 5.96. The zero-order valence-electron chi connectivity index (χ0n) is 15.2. The van der Waals surface area contributed by atoms with Gasteiger partial charge in [0.25, 0.3) is 5.91 Å². The van der Waals surface area contributed by atoms with Gasteiger partial charge >= 0.3 is 0 Å². The van der Waals surface area contributed by atoms with Crippen molar-refractivity contribution in [1.29, 1.82) is 0 Å². The second-order valence-corrected chi connectivity index (χ2v) is 7.50. The highest BCUT2D eigenvalue weighted by Gasteiger charge is 2.09. The summed E-state index contributed by atoms with van der Waals surface area (Å²) in [5.41, 5.74) is 4.43. The number of nitrogens with one attached hydrogen (secondary N) is 1. The minimum absolute atomic E-state index is 0.179. The smallest absolute Gasteiger partial charge is 0.271 e. The van der Waals surface area contributed by atoms with Crippen molar-refractivity contribution in [1.82, 2.24) is 5.43 Å². The van der Waals surface area contributed by atoms with E-state index in [0.29, 0.717) is 11.3 Å². The molecule has 0 aromatic heterocycles. The molecule has 1 aliphatic rings. The van der Waals surface area contributed by atoms with Gasteiger partial charge in [-0.1, -0.05) is 44.9 Å². The molecule has 1 saturated carbocycles. The predicted molar refractivity (Wildman–Crippen MR) is 106 cm³/mol. The molecule has 1 aliphatic carbocycles. The summed E-state index contributed by atoms with van der Waals surface area (Å²) in [5.74, 6) is 0.532. The van der Waals surface area contributed by atoms with E-state index in [4.69, 9.17) is 4.74 Å². The van der Waals surface area contributed by atoms with Gasteiger partial charge in [0.2, 0.25) is 0 Å². The monoisotopic (exact) mass is 408 g/mol. The summed E-state index contributed by atoms with van der Waals surface area (Å²) in [6.07, 6.45) is 13.6. The van der Waals surface area contributed by atoms with Gasteiger partial charge in [-0.2, -0.15) is 5.10 Å². The maximum atomic E-state index is 12.3. The minimum Gasteiger partial charge on any atom is -0.496 e. The molecule has 0 spiro atoms. The van der Waals surface area contributed by atoms with Crippen LogP contribution < -0.4 is 10.2 Å². The van der Waals surface area contributed by atoms with Crippen LogP contribution in [-0.4, -0.2) is 18.7 Å². The first-order chi connectivity index (χ1) is 12.2. The SMILES string of the molecule is COc1ccc(C(=O)NN=C2CCCCCCCCCCC2)cc1Br. The summed E-state index contributed by atoms with van der Waals surface area (Å²) in [6, 6.07) is 5.29. The Balaban J connectivity index is 1.93. The Morgan fingerprint density at radius 2 is 1.56 bits per heavy atom. The van der Waals surface area contributed by atoms with Crippen LogP contribution in [0.4, 0.5) is 0 Å². The molecule has 138 valence electrons. The van der Waals surface area contributed by atoms with Crippen LogP contribution in [-0.2, 0) is 0 Å². The Bertz CT molecular complexity index is 573. The number of rotatable bonds is 3. The minimum atomic E-state index is -0.179. The van der Waals surface area contributed by atoms with Gasteiger partial charge in [-0.15, -0.1) is 0 Å². The standard InChI is InChI=1S/C20H29BrN2O2/c1-25-19-14-13-16(15-18(19)21)20(24)23-22-17-11-9-7-5-3-2-4-6-8-10-12-17/h13-15H,2-12H2,1H3,(H,23,24). The second kappa shape index (κ2) is 11.3. The molecule has 1 fully saturated rings. The first-order valence-corrected chi connectivity index (χ1v) is 10.2. The Morgan fingerprint density at radius 3 is 2.08 bits per heavy atom. The maximum absolute atomic E-state index is 12.3. The van der Waals surface area contributed by atoms with Crippen molar-refractivity contribution in [2.45, 2.75) is 70.6 Å². The van der Waals surface area contributed by atoms with Gasteiger partial charge in [0.1, 0.15) is 5.75 Å². The molecule has 1 N–H and O–H groups in total.